The molecule has 0 saturated carbocycles. The quantitative estimate of drug-likeness (QED) is 0.642. The zero-order valence-corrected chi connectivity index (χ0v) is 13.2. The lowest BCUT2D eigenvalue weighted by molar-refractivity contribution is -0.121. The number of ether oxygens (including phenoxy) is 1. The summed E-state index contributed by atoms with van der Waals surface area (Å²) in [5, 5.41) is 9.13. The van der Waals surface area contributed by atoms with Gasteiger partial charge in [0.05, 0.1) is 7.11 Å². The highest BCUT2D eigenvalue weighted by atomic mass is 16.5. The highest BCUT2D eigenvalue weighted by Crippen LogP contribution is 2.28. The Morgan fingerprint density at radius 2 is 1.86 bits per heavy atom. The Labute approximate surface area is 125 Å². The van der Waals surface area contributed by atoms with Crippen LogP contribution in [0.4, 0.5) is 11.6 Å². The van der Waals surface area contributed by atoms with Crippen LogP contribution in [0, 0.1) is 0 Å². The highest BCUT2D eigenvalue weighted by Gasteiger charge is 2.12. The molecule has 1 heterocycles. The van der Waals surface area contributed by atoms with Crippen molar-refractivity contribution in [3.8, 4) is 5.75 Å². The predicted octanol–water partition coefficient (Wildman–Crippen LogP) is 1.63. The second-order valence-corrected chi connectivity index (χ2v) is 4.93. The molecule has 0 aliphatic heterocycles. The normalized spacial score (nSPS) is 10.3. The van der Waals surface area contributed by atoms with Gasteiger partial charge in [-0.15, -0.1) is 0 Å². The number of hydrogen-bond donors (Lipinski definition) is 3. The van der Waals surface area contributed by atoms with Gasteiger partial charge in [0.25, 0.3) is 0 Å². The second kappa shape index (κ2) is 8.99. The van der Waals surface area contributed by atoms with Gasteiger partial charge in [-0.25, -0.2) is 9.97 Å². The molecule has 7 nitrogen and oxygen atoms in total. The van der Waals surface area contributed by atoms with Gasteiger partial charge in [-0.1, -0.05) is 6.92 Å². The molecule has 1 amide bonds. The lowest BCUT2D eigenvalue weighted by atomic mass is 10.3. The number of carbonyl (C=O) groups is 1. The molecule has 0 spiro atoms. The zero-order valence-electron chi connectivity index (χ0n) is 13.2. The largest absolute Gasteiger partial charge is 0.490 e. The average Bonchev–Trinajstić information content (AvgIpc) is 2.44. The molecule has 1 rings (SSSR count). The molecule has 1 aromatic heterocycles. The van der Waals surface area contributed by atoms with Crippen LogP contribution in [-0.4, -0.2) is 42.1 Å². The Morgan fingerprint density at radius 1 is 1.24 bits per heavy atom. The summed E-state index contributed by atoms with van der Waals surface area (Å²) in [7, 11) is 1.58. The number of anilines is 2. The molecule has 0 fully saturated rings. The molecule has 0 aliphatic carbocycles. The minimum atomic E-state index is 0.00912. The van der Waals surface area contributed by atoms with Gasteiger partial charge in [0.15, 0.2) is 11.6 Å². The van der Waals surface area contributed by atoms with E-state index in [-0.39, 0.29) is 11.9 Å². The van der Waals surface area contributed by atoms with Gasteiger partial charge in [0, 0.05) is 25.6 Å². The van der Waals surface area contributed by atoms with Crippen molar-refractivity contribution in [2.24, 2.45) is 0 Å². The third-order valence-corrected chi connectivity index (χ3v) is 2.64. The molecule has 0 aromatic carbocycles. The van der Waals surface area contributed by atoms with E-state index in [1.807, 2.05) is 13.8 Å². The molecule has 0 radical (unpaired) electrons. The number of hydrogen-bond acceptors (Lipinski definition) is 6. The Bertz CT molecular complexity index is 451. The molecule has 3 N–H and O–H groups in total. The number of nitrogens with zero attached hydrogens (tertiary/aromatic N) is 2. The fourth-order valence-corrected chi connectivity index (χ4v) is 1.75. The Hall–Kier alpha value is -2.05. The van der Waals surface area contributed by atoms with Crippen molar-refractivity contribution in [3.63, 3.8) is 0 Å². The number of nitrogens with one attached hydrogen (secondary N) is 3. The van der Waals surface area contributed by atoms with E-state index in [9.17, 15) is 4.79 Å². The summed E-state index contributed by atoms with van der Waals surface area (Å²) >= 11 is 0. The molecule has 1 aromatic rings. The minimum Gasteiger partial charge on any atom is -0.490 e. The fourth-order valence-electron chi connectivity index (χ4n) is 1.75. The van der Waals surface area contributed by atoms with Crippen molar-refractivity contribution in [1.29, 1.82) is 0 Å². The Morgan fingerprint density at radius 3 is 2.38 bits per heavy atom. The third kappa shape index (κ3) is 5.85. The van der Waals surface area contributed by atoms with E-state index in [0.717, 1.165) is 13.0 Å². The Kier molecular flexibility index (Phi) is 7.28. The van der Waals surface area contributed by atoms with Crippen LogP contribution in [0.3, 0.4) is 0 Å². The lowest BCUT2D eigenvalue weighted by Crippen LogP contribution is -2.31. The fraction of sp³-hybridized carbons (Fsp3) is 0.643. The van der Waals surface area contributed by atoms with Gasteiger partial charge in [-0.3, -0.25) is 4.79 Å². The molecule has 7 heteroatoms. The first kappa shape index (κ1) is 17.0. The van der Waals surface area contributed by atoms with Gasteiger partial charge in [0.1, 0.15) is 6.33 Å². The van der Waals surface area contributed by atoms with Crippen LogP contribution in [0.15, 0.2) is 6.33 Å². The summed E-state index contributed by atoms with van der Waals surface area (Å²) in [5.41, 5.74) is 0. The first-order chi connectivity index (χ1) is 10.1. The molecule has 0 bridgehead atoms. The van der Waals surface area contributed by atoms with E-state index in [1.54, 1.807) is 7.11 Å². The van der Waals surface area contributed by atoms with Crippen LogP contribution in [-0.2, 0) is 4.79 Å². The zero-order chi connectivity index (χ0) is 15.7. The molecule has 118 valence electrons. The van der Waals surface area contributed by atoms with E-state index >= 15 is 0 Å². The number of amides is 1. The molecular weight excluding hydrogens is 270 g/mol. The maximum atomic E-state index is 11.6. The van der Waals surface area contributed by atoms with Crippen LogP contribution < -0.4 is 20.7 Å². The predicted molar refractivity (Wildman–Crippen MR) is 83.8 cm³/mol. The van der Waals surface area contributed by atoms with Gasteiger partial charge in [0.2, 0.25) is 11.7 Å². The van der Waals surface area contributed by atoms with E-state index in [4.69, 9.17) is 4.74 Å². The third-order valence-electron chi connectivity index (χ3n) is 2.64. The van der Waals surface area contributed by atoms with Crippen LogP contribution in [0.5, 0.6) is 5.75 Å². The minimum absolute atomic E-state index is 0.00912. The van der Waals surface area contributed by atoms with Gasteiger partial charge in [-0.05, 0) is 20.3 Å². The average molecular weight is 295 g/mol. The standard InChI is InChI=1S/C14H25N5O2/c1-5-7-15-13-12(21-4)14(18-9-17-13)16-8-6-11(20)19-10(2)3/h9-10H,5-8H2,1-4H3,(H,19,20)(H2,15,16,17,18). The van der Waals surface area contributed by atoms with Gasteiger partial charge in [-0.2, -0.15) is 0 Å². The number of carbonyl (C=O) groups excluding carboxylic acids is 1. The van der Waals surface area contributed by atoms with Crippen molar-refractivity contribution in [2.75, 3.05) is 30.8 Å². The summed E-state index contributed by atoms with van der Waals surface area (Å²) in [6.45, 7) is 7.24. The molecule has 0 unspecified atom stereocenters. The summed E-state index contributed by atoms with van der Waals surface area (Å²) in [4.78, 5) is 19.9. The number of aromatic nitrogens is 2. The van der Waals surface area contributed by atoms with E-state index in [0.29, 0.717) is 30.4 Å². The summed E-state index contributed by atoms with van der Waals surface area (Å²) in [5.74, 6) is 1.82. The molecule has 0 atom stereocenters. The molecule has 0 aliphatic rings. The smallest absolute Gasteiger partial charge is 0.221 e. The van der Waals surface area contributed by atoms with Crippen LogP contribution >= 0.6 is 0 Å². The van der Waals surface area contributed by atoms with Crippen molar-refractivity contribution < 1.29 is 9.53 Å². The van der Waals surface area contributed by atoms with Crippen LogP contribution in [0.25, 0.3) is 0 Å². The van der Waals surface area contributed by atoms with E-state index in [2.05, 4.69) is 32.8 Å². The first-order valence-corrected chi connectivity index (χ1v) is 7.24. The van der Waals surface area contributed by atoms with Crippen molar-refractivity contribution >= 4 is 17.5 Å². The molecular formula is C14H25N5O2. The molecule has 21 heavy (non-hydrogen) atoms. The van der Waals surface area contributed by atoms with Gasteiger partial charge < -0.3 is 20.7 Å². The van der Waals surface area contributed by atoms with Crippen molar-refractivity contribution in [2.45, 2.75) is 39.7 Å². The summed E-state index contributed by atoms with van der Waals surface area (Å²) in [6, 6.07) is 0.149. The summed E-state index contributed by atoms with van der Waals surface area (Å²) in [6.07, 6.45) is 2.84. The topological polar surface area (TPSA) is 88.2 Å². The SMILES string of the molecule is CCCNc1ncnc(NCCC(=O)NC(C)C)c1OC. The lowest BCUT2D eigenvalue weighted by Gasteiger charge is -2.14. The van der Waals surface area contributed by atoms with E-state index in [1.165, 1.54) is 6.33 Å². The van der Waals surface area contributed by atoms with E-state index < -0.39 is 0 Å². The highest BCUT2D eigenvalue weighted by molar-refractivity contribution is 5.76. The Balaban J connectivity index is 2.60. The number of rotatable bonds is 9. The molecule has 0 saturated heterocycles. The van der Waals surface area contributed by atoms with Crippen LogP contribution in [0.2, 0.25) is 0 Å². The maximum Gasteiger partial charge on any atom is 0.221 e. The van der Waals surface area contributed by atoms with Crippen LogP contribution in [0.1, 0.15) is 33.6 Å². The monoisotopic (exact) mass is 295 g/mol. The second-order valence-electron chi connectivity index (χ2n) is 4.93. The summed E-state index contributed by atoms with van der Waals surface area (Å²) < 4.78 is 5.35. The van der Waals surface area contributed by atoms with Crippen molar-refractivity contribution in [1.82, 2.24) is 15.3 Å². The first-order valence-electron chi connectivity index (χ1n) is 7.24. The maximum absolute atomic E-state index is 11.6. The van der Waals surface area contributed by atoms with Gasteiger partial charge >= 0.3 is 0 Å². The van der Waals surface area contributed by atoms with Crippen molar-refractivity contribution in [3.05, 3.63) is 6.33 Å². The number of methoxy groups -OCH3 is 1.